The van der Waals surface area contributed by atoms with Gasteiger partial charge < -0.3 is 9.15 Å². The maximum absolute atomic E-state index is 12.4. The zero-order valence-corrected chi connectivity index (χ0v) is 10.1. The van der Waals surface area contributed by atoms with Gasteiger partial charge in [0.15, 0.2) is 5.43 Å². The van der Waals surface area contributed by atoms with Gasteiger partial charge in [0.25, 0.3) is 5.95 Å². The zero-order valence-electron chi connectivity index (χ0n) is 10.1. The Hall–Kier alpha value is -1.77. The highest BCUT2D eigenvalue weighted by Crippen LogP contribution is 2.43. The lowest BCUT2D eigenvalue weighted by Gasteiger charge is -2.21. The number of hydrogen-bond acceptors (Lipinski definition) is 3. The smallest absolute Gasteiger partial charge is 0.293 e. The van der Waals surface area contributed by atoms with Gasteiger partial charge in [-0.3, -0.25) is 4.79 Å². The Morgan fingerprint density at radius 1 is 1.24 bits per heavy atom. The fourth-order valence-electron chi connectivity index (χ4n) is 2.26. The van der Waals surface area contributed by atoms with Crippen molar-refractivity contribution in [1.82, 2.24) is 0 Å². The van der Waals surface area contributed by atoms with Gasteiger partial charge >= 0.3 is 0 Å². The second-order valence-electron chi connectivity index (χ2n) is 5.06. The number of ether oxygens (including phenoxy) is 1. The SMILES string of the molecule is CC1c2c(oc3ccccc3c2=O)OC1(C)C. The van der Waals surface area contributed by atoms with Crippen molar-refractivity contribution in [3.8, 4) is 5.95 Å². The van der Waals surface area contributed by atoms with Crippen LogP contribution in [0.5, 0.6) is 5.95 Å². The van der Waals surface area contributed by atoms with Crippen molar-refractivity contribution in [2.24, 2.45) is 0 Å². The Bertz CT molecular complexity index is 652. The summed E-state index contributed by atoms with van der Waals surface area (Å²) in [6.07, 6.45) is 0. The summed E-state index contributed by atoms with van der Waals surface area (Å²) in [5.41, 5.74) is 0.886. The quantitative estimate of drug-likeness (QED) is 0.698. The molecule has 1 unspecified atom stereocenters. The maximum atomic E-state index is 12.4. The van der Waals surface area contributed by atoms with Crippen molar-refractivity contribution >= 4 is 11.0 Å². The first-order chi connectivity index (χ1) is 8.00. The van der Waals surface area contributed by atoms with Crippen LogP contribution < -0.4 is 10.2 Å². The largest absolute Gasteiger partial charge is 0.458 e. The van der Waals surface area contributed by atoms with E-state index in [0.717, 1.165) is 0 Å². The van der Waals surface area contributed by atoms with Gasteiger partial charge in [0.05, 0.1) is 10.9 Å². The molecule has 0 aliphatic carbocycles. The molecular formula is C14H14O3. The number of benzene rings is 1. The lowest BCUT2D eigenvalue weighted by Crippen LogP contribution is -2.29. The molecular weight excluding hydrogens is 216 g/mol. The molecule has 3 nitrogen and oxygen atoms in total. The topological polar surface area (TPSA) is 39.4 Å². The molecule has 0 N–H and O–H groups in total. The molecule has 0 spiro atoms. The first-order valence-electron chi connectivity index (χ1n) is 5.75. The molecule has 1 aliphatic heterocycles. The van der Waals surface area contributed by atoms with Gasteiger partial charge in [-0.25, -0.2) is 0 Å². The minimum Gasteiger partial charge on any atom is -0.458 e. The Balaban J connectivity index is 2.39. The maximum Gasteiger partial charge on any atom is 0.293 e. The minimum atomic E-state index is -0.387. The third kappa shape index (κ3) is 1.32. The molecule has 3 heteroatoms. The Morgan fingerprint density at radius 2 is 1.94 bits per heavy atom. The third-order valence-corrected chi connectivity index (χ3v) is 3.63. The second-order valence-corrected chi connectivity index (χ2v) is 5.06. The van der Waals surface area contributed by atoms with E-state index in [1.165, 1.54) is 0 Å². The molecule has 0 fully saturated rings. The van der Waals surface area contributed by atoms with E-state index < -0.39 is 0 Å². The molecule has 0 saturated carbocycles. The normalized spacial score (nSPS) is 21.2. The van der Waals surface area contributed by atoms with Gasteiger partial charge in [0, 0.05) is 5.92 Å². The van der Waals surface area contributed by atoms with E-state index >= 15 is 0 Å². The molecule has 1 aliphatic rings. The first kappa shape index (κ1) is 10.4. The van der Waals surface area contributed by atoms with Crippen LogP contribution in [0.3, 0.4) is 0 Å². The fourth-order valence-corrected chi connectivity index (χ4v) is 2.26. The van der Waals surface area contributed by atoms with Crippen LogP contribution in [-0.4, -0.2) is 5.60 Å². The highest BCUT2D eigenvalue weighted by atomic mass is 16.6. The van der Waals surface area contributed by atoms with Crippen molar-refractivity contribution in [3.05, 3.63) is 40.1 Å². The summed E-state index contributed by atoms with van der Waals surface area (Å²) in [7, 11) is 0. The van der Waals surface area contributed by atoms with Crippen LogP contribution in [0.25, 0.3) is 11.0 Å². The summed E-state index contributed by atoms with van der Waals surface area (Å²) in [5.74, 6) is 0.421. The molecule has 1 aromatic carbocycles. The molecule has 1 atom stereocenters. The highest BCUT2D eigenvalue weighted by molar-refractivity contribution is 5.78. The molecule has 88 valence electrons. The highest BCUT2D eigenvalue weighted by Gasteiger charge is 2.42. The molecule has 0 radical (unpaired) electrons. The standard InChI is InChI=1S/C14H14O3/c1-8-11-12(15)9-6-4-5-7-10(9)16-13(11)17-14(8,2)3/h4-8H,1-3H3. The summed E-state index contributed by atoms with van der Waals surface area (Å²) in [4.78, 5) is 12.4. The van der Waals surface area contributed by atoms with E-state index in [4.69, 9.17) is 9.15 Å². The average Bonchev–Trinajstić information content (AvgIpc) is 2.50. The van der Waals surface area contributed by atoms with Crippen LogP contribution in [0, 0.1) is 0 Å². The summed E-state index contributed by atoms with van der Waals surface area (Å²) in [6.45, 7) is 5.94. The van der Waals surface area contributed by atoms with Gasteiger partial charge in [-0.15, -0.1) is 0 Å². The summed E-state index contributed by atoms with van der Waals surface area (Å²) in [5, 5.41) is 0.624. The van der Waals surface area contributed by atoms with E-state index in [-0.39, 0.29) is 16.9 Å². The van der Waals surface area contributed by atoms with Crippen LogP contribution in [0.1, 0.15) is 32.3 Å². The molecule has 3 rings (SSSR count). The minimum absolute atomic E-state index is 0.0277. The van der Waals surface area contributed by atoms with Crippen LogP contribution in [-0.2, 0) is 0 Å². The van der Waals surface area contributed by atoms with Crippen LogP contribution >= 0.6 is 0 Å². The molecule has 0 bridgehead atoms. The van der Waals surface area contributed by atoms with E-state index in [2.05, 4.69) is 0 Å². The van der Waals surface area contributed by atoms with Crippen LogP contribution in [0.4, 0.5) is 0 Å². The molecule has 1 aromatic heterocycles. The molecule has 0 saturated heterocycles. The zero-order chi connectivity index (χ0) is 12.2. The summed E-state index contributed by atoms with van der Waals surface area (Å²) < 4.78 is 11.4. The molecule has 17 heavy (non-hydrogen) atoms. The predicted molar refractivity (Wildman–Crippen MR) is 65.6 cm³/mol. The van der Waals surface area contributed by atoms with Gasteiger partial charge in [0.2, 0.25) is 0 Å². The Morgan fingerprint density at radius 3 is 2.71 bits per heavy atom. The van der Waals surface area contributed by atoms with Gasteiger partial charge in [-0.05, 0) is 26.0 Å². The van der Waals surface area contributed by atoms with Crippen molar-refractivity contribution in [1.29, 1.82) is 0 Å². The molecule has 0 amide bonds. The average molecular weight is 230 g/mol. The predicted octanol–water partition coefficient (Wildman–Crippen LogP) is 3.07. The number of hydrogen-bond donors (Lipinski definition) is 0. The first-order valence-corrected chi connectivity index (χ1v) is 5.75. The van der Waals surface area contributed by atoms with Crippen molar-refractivity contribution in [2.45, 2.75) is 32.3 Å². The van der Waals surface area contributed by atoms with Gasteiger partial charge in [-0.2, -0.15) is 0 Å². The van der Waals surface area contributed by atoms with E-state index in [9.17, 15) is 4.79 Å². The van der Waals surface area contributed by atoms with Crippen LogP contribution in [0.2, 0.25) is 0 Å². The Kier molecular flexibility index (Phi) is 1.91. The van der Waals surface area contributed by atoms with Crippen LogP contribution in [0.15, 0.2) is 33.5 Å². The van der Waals surface area contributed by atoms with E-state index in [0.29, 0.717) is 22.5 Å². The molecule has 2 heterocycles. The van der Waals surface area contributed by atoms with Crippen molar-refractivity contribution < 1.29 is 9.15 Å². The lowest BCUT2D eigenvalue weighted by atomic mass is 9.89. The summed E-state index contributed by atoms with van der Waals surface area (Å²) >= 11 is 0. The number of rotatable bonds is 0. The molecule has 2 aromatic rings. The lowest BCUT2D eigenvalue weighted by molar-refractivity contribution is 0.0906. The van der Waals surface area contributed by atoms with E-state index in [1.54, 1.807) is 12.1 Å². The number of fused-ring (bicyclic) bond motifs is 2. The number of para-hydroxylation sites is 1. The van der Waals surface area contributed by atoms with E-state index in [1.807, 2.05) is 32.9 Å². The summed E-state index contributed by atoms with van der Waals surface area (Å²) in [6, 6.07) is 7.27. The second kappa shape index (κ2) is 3.13. The van der Waals surface area contributed by atoms with Crippen molar-refractivity contribution in [3.63, 3.8) is 0 Å². The monoisotopic (exact) mass is 230 g/mol. The van der Waals surface area contributed by atoms with Crippen molar-refractivity contribution in [2.75, 3.05) is 0 Å². The van der Waals surface area contributed by atoms with Gasteiger partial charge in [-0.1, -0.05) is 19.1 Å². The van der Waals surface area contributed by atoms with Gasteiger partial charge in [0.1, 0.15) is 11.2 Å². The Labute approximate surface area is 99.0 Å². The third-order valence-electron chi connectivity index (χ3n) is 3.63. The fraction of sp³-hybridized carbons (Fsp3) is 0.357.